The van der Waals surface area contributed by atoms with Crippen LogP contribution in [0, 0.1) is 16.7 Å². The number of hydrogen-bond acceptors (Lipinski definition) is 16. The first kappa shape index (κ1) is 45.0. The number of fused-ring (bicyclic) bond motifs is 5. The van der Waals surface area contributed by atoms with Crippen LogP contribution < -0.4 is 11.1 Å². The van der Waals surface area contributed by atoms with Crippen molar-refractivity contribution in [1.82, 2.24) is 5.32 Å². The van der Waals surface area contributed by atoms with Crippen LogP contribution in [0.25, 0.3) is 0 Å². The predicted octanol–water partition coefficient (Wildman–Crippen LogP) is 4.47. The Morgan fingerprint density at radius 3 is 2.14 bits per heavy atom. The number of ketones is 1. The maximum Gasteiger partial charge on any atom is 0.408 e. The summed E-state index contributed by atoms with van der Waals surface area (Å²) in [5.74, 6) is -6.55. The van der Waals surface area contributed by atoms with Crippen molar-refractivity contribution in [3.63, 3.8) is 0 Å². The first-order chi connectivity index (χ1) is 31.5. The molecule has 3 fully saturated rings. The van der Waals surface area contributed by atoms with Crippen molar-refractivity contribution in [1.29, 1.82) is 0 Å². The monoisotopic (exact) mass is 909 g/mol. The number of alkyl carbamates (subject to hydrolysis) is 1. The molecule has 2 aromatic rings. The van der Waals surface area contributed by atoms with Crippen molar-refractivity contribution in [3.05, 3.63) is 82.9 Å². The third-order valence-electron chi connectivity index (χ3n) is 13.5. The number of Topliss-reactive ketones (excluding diaryl/α,β-unsaturated/α-hetero) is 1. The average molecular weight is 910 g/mol. The fraction of sp³-hybridized carbons (Fsp3) is 0.583. The second kappa shape index (κ2) is 18.2. The first-order valence-electron chi connectivity index (χ1n) is 23.0. The maximum absolute atomic E-state index is 15.9. The van der Waals surface area contributed by atoms with Crippen molar-refractivity contribution in [3.8, 4) is 0 Å². The molecular formula is C48H62N2O15. The number of esters is 4. The van der Waals surface area contributed by atoms with E-state index in [9.17, 15) is 29.1 Å². The van der Waals surface area contributed by atoms with Gasteiger partial charge in [-0.05, 0) is 70.4 Å². The third kappa shape index (κ3) is 8.80. The Morgan fingerprint density at radius 2 is 1.60 bits per heavy atom. The molecule has 1 heterocycles. The normalized spacial score (nSPS) is 32.6. The van der Waals surface area contributed by atoms with Gasteiger partial charge < -0.3 is 54.1 Å². The number of benzene rings is 2. The predicted molar refractivity (Wildman–Crippen MR) is 231 cm³/mol. The molecule has 1 unspecified atom stereocenters. The largest absolute Gasteiger partial charge is 0.455 e. The van der Waals surface area contributed by atoms with Gasteiger partial charge in [0.2, 0.25) is 6.10 Å². The van der Waals surface area contributed by atoms with Crippen molar-refractivity contribution in [2.24, 2.45) is 22.5 Å². The van der Waals surface area contributed by atoms with E-state index in [1.807, 2.05) is 0 Å². The SMILES string of the molecule is [2H]C([2H])([2H])O[C@H]1C(=O)[C@]2(C)[C@@H](OC)C[C@H]3OC[C@@]3(OC(C)=O)[C@H]2[C@@H](OC(=O)c2ccccc2)[C@]2(O)C[C@H](OC(=O)[C@H](OC(=O)C(C)N)[C@@H](NC(=O)OC(C)(C)C)c3ccccc3)C(C)=C1C2(C)C. The van der Waals surface area contributed by atoms with Gasteiger partial charge in [-0.2, -0.15) is 0 Å². The zero-order valence-corrected chi connectivity index (χ0v) is 38.3. The minimum absolute atomic E-state index is 0.0450. The van der Waals surface area contributed by atoms with Gasteiger partial charge >= 0.3 is 30.0 Å². The van der Waals surface area contributed by atoms with Gasteiger partial charge in [0, 0.05) is 39.3 Å². The highest BCUT2D eigenvalue weighted by atomic mass is 16.6. The van der Waals surface area contributed by atoms with Gasteiger partial charge in [0.15, 0.2) is 11.4 Å². The molecule has 2 saturated carbocycles. The number of amides is 1. The Bertz CT molecular complexity index is 2300. The summed E-state index contributed by atoms with van der Waals surface area (Å²) >= 11 is 0. The summed E-state index contributed by atoms with van der Waals surface area (Å²) in [6, 6.07) is 13.0. The summed E-state index contributed by atoms with van der Waals surface area (Å²) < 4.78 is 73.1. The van der Waals surface area contributed by atoms with Gasteiger partial charge in [0.05, 0.1) is 33.7 Å². The molecule has 6 rings (SSSR count). The lowest BCUT2D eigenvalue weighted by Crippen LogP contribution is -2.82. The van der Waals surface area contributed by atoms with Gasteiger partial charge in [-0.15, -0.1) is 0 Å². The highest BCUT2D eigenvalue weighted by molar-refractivity contribution is 5.94. The van der Waals surface area contributed by atoms with Crippen molar-refractivity contribution < 1.29 is 75.9 Å². The number of nitrogens with one attached hydrogen (secondary N) is 1. The highest BCUT2D eigenvalue weighted by Gasteiger charge is 2.78. The van der Waals surface area contributed by atoms with E-state index in [1.54, 1.807) is 69.3 Å². The molecule has 0 radical (unpaired) electrons. The molecule has 1 amide bonds. The van der Waals surface area contributed by atoms with Gasteiger partial charge in [-0.3, -0.25) is 14.4 Å². The summed E-state index contributed by atoms with van der Waals surface area (Å²) in [6.45, 7) is 12.9. The number of hydrogen-bond donors (Lipinski definition) is 3. The molecule has 3 aliphatic carbocycles. The maximum atomic E-state index is 15.9. The van der Waals surface area contributed by atoms with Crippen LogP contribution >= 0.6 is 0 Å². The zero-order valence-electron chi connectivity index (χ0n) is 41.3. The Kier molecular flexibility index (Phi) is 12.6. The fourth-order valence-corrected chi connectivity index (χ4v) is 10.3. The number of aliphatic hydroxyl groups is 1. The minimum Gasteiger partial charge on any atom is -0.455 e. The van der Waals surface area contributed by atoms with Crippen LogP contribution in [0.5, 0.6) is 0 Å². The van der Waals surface area contributed by atoms with Crippen LogP contribution in [-0.2, 0) is 57.1 Å². The van der Waals surface area contributed by atoms with E-state index in [-0.39, 0.29) is 35.3 Å². The van der Waals surface area contributed by atoms with E-state index in [4.69, 9.17) is 47.7 Å². The van der Waals surface area contributed by atoms with Crippen LogP contribution in [0.3, 0.4) is 0 Å². The van der Waals surface area contributed by atoms with Crippen LogP contribution in [0.4, 0.5) is 4.79 Å². The summed E-state index contributed by atoms with van der Waals surface area (Å²) in [5.41, 5.74) is -2.92. The molecule has 4 aliphatic rings. The van der Waals surface area contributed by atoms with E-state index < -0.39 is 131 Å². The van der Waals surface area contributed by atoms with E-state index in [1.165, 1.54) is 53.9 Å². The molecule has 1 aliphatic heterocycles. The van der Waals surface area contributed by atoms with Gasteiger partial charge in [-0.1, -0.05) is 62.4 Å². The number of methoxy groups -OCH3 is 2. The zero-order chi connectivity index (χ0) is 50.5. The number of rotatable bonds is 12. The minimum atomic E-state index is -3.27. The van der Waals surface area contributed by atoms with Crippen LogP contribution in [0.1, 0.15) is 101 Å². The first-order valence-corrected chi connectivity index (χ1v) is 21.5. The van der Waals surface area contributed by atoms with Gasteiger partial charge in [0.25, 0.3) is 0 Å². The molecule has 17 nitrogen and oxygen atoms in total. The number of ether oxygens (including phenoxy) is 8. The Hall–Kier alpha value is -5.20. The molecule has 1 saturated heterocycles. The third-order valence-corrected chi connectivity index (χ3v) is 13.5. The Morgan fingerprint density at radius 1 is 0.969 bits per heavy atom. The van der Waals surface area contributed by atoms with Crippen molar-refractivity contribution >= 4 is 35.8 Å². The van der Waals surface area contributed by atoms with Crippen LogP contribution in [0.2, 0.25) is 0 Å². The number of nitrogens with two attached hydrogens (primary N) is 1. The summed E-state index contributed by atoms with van der Waals surface area (Å²) in [5, 5.41) is 16.6. The van der Waals surface area contributed by atoms with Gasteiger partial charge in [-0.25, -0.2) is 14.4 Å². The summed E-state index contributed by atoms with van der Waals surface area (Å²) in [6.07, 6.45) is -11.3. The number of carbonyl (C=O) groups is 6. The standard InChI is InChI=1S/C48H62N2O15/c1-25-30(61-42(55)36(62-40(53)26(2)49)34(28-18-14-12-15-19-28)50-43(56)65-44(4,5)6)23-48(57)39(63-41(54)29-20-16-13-17-21-29)37-46(9,38(52)35(59-11)33(25)45(48,7)8)31(58-10)22-32-47(37,24-60-32)64-27(3)51/h12-21,26,30-32,34-37,39,57H,22-24,49H2,1-11H3,(H,50,56)/t26?,30-,31-,32+,34-,35+,36+,37-,39+,46+,47-,48+/m0/s1/i11D3. The molecule has 354 valence electrons. The molecule has 2 bridgehead atoms. The smallest absolute Gasteiger partial charge is 0.408 e. The lowest BCUT2D eigenvalue weighted by atomic mass is 9.44. The average Bonchev–Trinajstić information content (AvgIpc) is 3.23. The quantitative estimate of drug-likeness (QED) is 0.151. The lowest BCUT2D eigenvalue weighted by Gasteiger charge is -2.67. The molecule has 2 aromatic carbocycles. The fourth-order valence-electron chi connectivity index (χ4n) is 10.3. The molecule has 12 atom stereocenters. The van der Waals surface area contributed by atoms with E-state index in [2.05, 4.69) is 5.32 Å². The molecular weight excluding hydrogens is 845 g/mol. The summed E-state index contributed by atoms with van der Waals surface area (Å²) in [4.78, 5) is 85.3. The van der Waals surface area contributed by atoms with E-state index in [0.29, 0.717) is 0 Å². The molecule has 4 N–H and O–H groups in total. The van der Waals surface area contributed by atoms with Crippen LogP contribution in [-0.4, -0.2) is 121 Å². The highest BCUT2D eigenvalue weighted by Crippen LogP contribution is 2.64. The summed E-state index contributed by atoms with van der Waals surface area (Å²) in [7, 11) is -1.94. The Labute approximate surface area is 383 Å². The van der Waals surface area contributed by atoms with E-state index >= 15 is 4.79 Å². The van der Waals surface area contributed by atoms with Gasteiger partial charge in [0.1, 0.15) is 47.7 Å². The Balaban J connectivity index is 1.61. The molecule has 65 heavy (non-hydrogen) atoms. The second-order valence-corrected chi connectivity index (χ2v) is 19.1. The van der Waals surface area contributed by atoms with Crippen molar-refractivity contribution in [2.45, 2.75) is 141 Å². The number of carbonyl (C=O) groups excluding carboxylic acids is 6. The molecule has 17 heteroatoms. The molecule has 0 aromatic heterocycles. The van der Waals surface area contributed by atoms with Crippen molar-refractivity contribution in [2.75, 3.05) is 20.8 Å². The molecule has 0 spiro atoms. The topological polar surface area (TPSA) is 235 Å². The van der Waals surface area contributed by atoms with Crippen LogP contribution in [0.15, 0.2) is 71.8 Å². The second-order valence-electron chi connectivity index (χ2n) is 19.1. The van der Waals surface area contributed by atoms with E-state index in [0.717, 1.165) is 6.92 Å². The lowest BCUT2D eigenvalue weighted by molar-refractivity contribution is -0.347.